The van der Waals surface area contributed by atoms with Gasteiger partial charge in [-0.2, -0.15) is 0 Å². The Morgan fingerprint density at radius 3 is 2.74 bits per heavy atom. The summed E-state index contributed by atoms with van der Waals surface area (Å²) < 4.78 is 33.2. The van der Waals surface area contributed by atoms with Crippen LogP contribution in [0.4, 0.5) is 5.69 Å². The number of fused-ring (bicyclic) bond motifs is 1. The summed E-state index contributed by atoms with van der Waals surface area (Å²) in [5, 5.41) is 9.32. The summed E-state index contributed by atoms with van der Waals surface area (Å²) in [7, 11) is -3.68. The second-order valence-corrected chi connectivity index (χ2v) is 7.60. The Morgan fingerprint density at radius 2 is 2.04 bits per heavy atom. The second-order valence-electron chi connectivity index (χ2n) is 5.74. The van der Waals surface area contributed by atoms with Crippen LogP contribution in [0.3, 0.4) is 0 Å². The minimum absolute atomic E-state index is 0.152. The summed E-state index contributed by atoms with van der Waals surface area (Å²) in [5.41, 5.74) is 2.00. The van der Waals surface area contributed by atoms with Crippen LogP contribution in [0.1, 0.15) is 18.1 Å². The van der Waals surface area contributed by atoms with Gasteiger partial charge in [-0.05, 0) is 49.2 Å². The Kier molecular flexibility index (Phi) is 4.04. The summed E-state index contributed by atoms with van der Waals surface area (Å²) in [6, 6.07) is 11.9. The van der Waals surface area contributed by atoms with E-state index >= 15 is 0 Å². The average Bonchev–Trinajstić information content (AvgIpc) is 2.53. The molecule has 0 amide bonds. The summed E-state index contributed by atoms with van der Waals surface area (Å²) in [6.45, 7) is 3.78. The fourth-order valence-electron chi connectivity index (χ4n) is 2.67. The quantitative estimate of drug-likeness (QED) is 0.937. The topological polar surface area (TPSA) is 66.8 Å². The zero-order valence-electron chi connectivity index (χ0n) is 13.1. The van der Waals surface area contributed by atoms with E-state index in [1.807, 2.05) is 19.9 Å². The minimum Gasteiger partial charge on any atom is -0.487 e. The SMILES string of the molecule is Cc1cccc(S(=O)(=O)N2C[C@H](C)Oc3ccc(CO)cc32)c1. The lowest BCUT2D eigenvalue weighted by molar-refractivity contribution is 0.219. The van der Waals surface area contributed by atoms with E-state index in [0.29, 0.717) is 17.0 Å². The predicted molar refractivity (Wildman–Crippen MR) is 88.2 cm³/mol. The van der Waals surface area contributed by atoms with E-state index in [9.17, 15) is 13.5 Å². The van der Waals surface area contributed by atoms with Crippen molar-refractivity contribution in [3.63, 3.8) is 0 Å². The number of hydrogen-bond acceptors (Lipinski definition) is 4. The maximum absolute atomic E-state index is 13.1. The molecule has 1 heterocycles. The molecule has 0 aromatic heterocycles. The molecule has 0 bridgehead atoms. The highest BCUT2D eigenvalue weighted by molar-refractivity contribution is 7.92. The first-order valence-corrected chi connectivity index (χ1v) is 8.85. The first-order chi connectivity index (χ1) is 10.9. The largest absolute Gasteiger partial charge is 0.487 e. The highest BCUT2D eigenvalue weighted by Gasteiger charge is 2.33. The van der Waals surface area contributed by atoms with E-state index in [0.717, 1.165) is 5.56 Å². The Labute approximate surface area is 136 Å². The van der Waals surface area contributed by atoms with Gasteiger partial charge < -0.3 is 9.84 Å². The van der Waals surface area contributed by atoms with Crippen molar-refractivity contribution in [3.8, 4) is 5.75 Å². The van der Waals surface area contributed by atoms with E-state index in [-0.39, 0.29) is 24.2 Å². The Bertz CT molecular complexity index is 832. The van der Waals surface area contributed by atoms with E-state index in [2.05, 4.69) is 0 Å². The van der Waals surface area contributed by atoms with Crippen molar-refractivity contribution < 1.29 is 18.3 Å². The monoisotopic (exact) mass is 333 g/mol. The molecule has 1 atom stereocenters. The van der Waals surface area contributed by atoms with Gasteiger partial charge in [-0.3, -0.25) is 4.31 Å². The van der Waals surface area contributed by atoms with E-state index in [4.69, 9.17) is 4.74 Å². The first kappa shape index (κ1) is 15.8. The number of nitrogens with zero attached hydrogens (tertiary/aromatic N) is 1. The number of sulfonamides is 1. The van der Waals surface area contributed by atoms with Crippen molar-refractivity contribution in [1.82, 2.24) is 0 Å². The van der Waals surface area contributed by atoms with Gasteiger partial charge in [-0.15, -0.1) is 0 Å². The third-order valence-electron chi connectivity index (χ3n) is 3.80. The van der Waals surface area contributed by atoms with Crippen LogP contribution < -0.4 is 9.04 Å². The molecule has 122 valence electrons. The number of anilines is 1. The molecule has 0 unspecified atom stereocenters. The smallest absolute Gasteiger partial charge is 0.264 e. The molecule has 1 aliphatic rings. The molecule has 0 saturated heterocycles. The van der Waals surface area contributed by atoms with Gasteiger partial charge in [0, 0.05) is 0 Å². The third kappa shape index (κ3) is 2.92. The van der Waals surface area contributed by atoms with Crippen LogP contribution in [-0.2, 0) is 16.6 Å². The molecule has 3 rings (SSSR count). The van der Waals surface area contributed by atoms with Crippen molar-refractivity contribution in [3.05, 3.63) is 53.6 Å². The summed E-state index contributed by atoms with van der Waals surface area (Å²) in [6.07, 6.45) is -0.248. The lowest BCUT2D eigenvalue weighted by Crippen LogP contribution is -2.42. The fourth-order valence-corrected chi connectivity index (χ4v) is 4.32. The van der Waals surface area contributed by atoms with Crippen molar-refractivity contribution in [1.29, 1.82) is 0 Å². The van der Waals surface area contributed by atoms with Crippen LogP contribution in [0.2, 0.25) is 0 Å². The fraction of sp³-hybridized carbons (Fsp3) is 0.294. The number of rotatable bonds is 3. The predicted octanol–water partition coefficient (Wildman–Crippen LogP) is 2.46. The van der Waals surface area contributed by atoms with Crippen molar-refractivity contribution in [2.24, 2.45) is 0 Å². The van der Waals surface area contributed by atoms with Gasteiger partial charge in [0.15, 0.2) is 0 Å². The van der Waals surface area contributed by atoms with Gasteiger partial charge in [-0.1, -0.05) is 18.2 Å². The molecule has 23 heavy (non-hydrogen) atoms. The van der Waals surface area contributed by atoms with Crippen LogP contribution in [0, 0.1) is 6.92 Å². The highest BCUT2D eigenvalue weighted by atomic mass is 32.2. The molecule has 0 radical (unpaired) electrons. The van der Waals surface area contributed by atoms with E-state index < -0.39 is 10.0 Å². The normalized spacial score (nSPS) is 17.5. The lowest BCUT2D eigenvalue weighted by atomic mass is 10.1. The number of aliphatic hydroxyl groups excluding tert-OH is 1. The van der Waals surface area contributed by atoms with Crippen LogP contribution in [-0.4, -0.2) is 26.2 Å². The molecule has 1 N–H and O–H groups in total. The van der Waals surface area contributed by atoms with Crippen molar-refractivity contribution in [2.75, 3.05) is 10.8 Å². The zero-order chi connectivity index (χ0) is 16.6. The molecule has 2 aromatic rings. The van der Waals surface area contributed by atoms with Crippen LogP contribution in [0.5, 0.6) is 5.75 Å². The number of aryl methyl sites for hydroxylation is 1. The second kappa shape index (κ2) is 5.86. The summed E-state index contributed by atoms with van der Waals surface area (Å²) in [4.78, 5) is 0.256. The maximum atomic E-state index is 13.1. The molecule has 0 saturated carbocycles. The number of benzene rings is 2. The van der Waals surface area contributed by atoms with Gasteiger partial charge in [0.2, 0.25) is 0 Å². The molecular formula is C17H19NO4S. The average molecular weight is 333 g/mol. The molecule has 6 heteroatoms. The Morgan fingerprint density at radius 1 is 1.26 bits per heavy atom. The van der Waals surface area contributed by atoms with E-state index in [1.165, 1.54) is 4.31 Å². The molecule has 0 aliphatic carbocycles. The molecular weight excluding hydrogens is 314 g/mol. The highest BCUT2D eigenvalue weighted by Crippen LogP contribution is 2.37. The maximum Gasteiger partial charge on any atom is 0.264 e. The first-order valence-electron chi connectivity index (χ1n) is 7.41. The minimum atomic E-state index is -3.68. The molecule has 2 aromatic carbocycles. The van der Waals surface area contributed by atoms with Gasteiger partial charge in [-0.25, -0.2) is 8.42 Å². The van der Waals surface area contributed by atoms with Crippen molar-refractivity contribution in [2.45, 2.75) is 31.5 Å². The number of aliphatic hydroxyl groups is 1. The summed E-state index contributed by atoms with van der Waals surface area (Å²) >= 11 is 0. The van der Waals surface area contributed by atoms with Crippen LogP contribution >= 0.6 is 0 Å². The van der Waals surface area contributed by atoms with Gasteiger partial charge in [0.25, 0.3) is 10.0 Å². The number of hydrogen-bond donors (Lipinski definition) is 1. The molecule has 0 fully saturated rings. The molecule has 1 aliphatic heterocycles. The Balaban J connectivity index is 2.13. The van der Waals surface area contributed by atoms with Crippen LogP contribution in [0.15, 0.2) is 47.4 Å². The van der Waals surface area contributed by atoms with Gasteiger partial charge in [0.1, 0.15) is 11.9 Å². The Hall–Kier alpha value is -2.05. The zero-order valence-corrected chi connectivity index (χ0v) is 13.9. The third-order valence-corrected chi connectivity index (χ3v) is 5.58. The van der Waals surface area contributed by atoms with Crippen LogP contribution in [0.25, 0.3) is 0 Å². The van der Waals surface area contributed by atoms with Crippen molar-refractivity contribution >= 4 is 15.7 Å². The van der Waals surface area contributed by atoms with E-state index in [1.54, 1.807) is 36.4 Å². The molecule has 5 nitrogen and oxygen atoms in total. The molecule has 0 spiro atoms. The van der Waals surface area contributed by atoms with Gasteiger partial charge >= 0.3 is 0 Å². The van der Waals surface area contributed by atoms with Gasteiger partial charge in [0.05, 0.1) is 23.7 Å². The number of ether oxygens (including phenoxy) is 1. The standard InChI is InChI=1S/C17H19NO4S/c1-12-4-3-5-15(8-12)23(20,21)18-10-13(2)22-17-7-6-14(11-19)9-16(17)18/h3-9,13,19H,10-11H2,1-2H3/t13-/m0/s1. The summed E-state index contributed by atoms with van der Waals surface area (Å²) in [5.74, 6) is 0.511. The lowest BCUT2D eigenvalue weighted by Gasteiger charge is -2.34.